The Morgan fingerprint density at radius 3 is 2.63 bits per heavy atom. The van der Waals surface area contributed by atoms with E-state index in [-0.39, 0.29) is 68.5 Å². The molecule has 1 amide bonds. The molecule has 18 heteroatoms. The summed E-state index contributed by atoms with van der Waals surface area (Å²) < 4.78 is 41.7. The number of aliphatic hydroxyl groups is 1. The standard InChI is InChI=1S/C46H60N9O7P.CH4O/c1-29(2)55(30(3)4)63(60-21-19-48-10)62-40-25-43(61-33(40)7)53-28-34(44(57)50-45(53)58)14-12-18-49-42(56)15-13-20-54-39-24-41(59-11)38(23-36(39)32(6)26-46(54,8)9)52-51-37-17-16-31(5)22-35(37)27-47;1-2/h12,14,16-17,22-24,26,28-30,33,40,43H,13,15,18-21,25H2,1-9,11H3,(H,49,56)(H,50,57,58);2H,1H3/b14-12+,52-51?;/t33-,40?,43-,63?;/m1./s1/i7D;2T. The molecule has 1 saturated heterocycles. The average Bonchev–Trinajstić information content (AvgIpc) is 3.68. The van der Waals surface area contributed by atoms with E-state index in [2.05, 4.69) is 66.0 Å². The number of hydrogen-bond acceptors (Lipinski definition) is 13. The number of nitrogens with zero attached hydrogens (tertiary/aromatic N) is 7. The minimum atomic E-state index is -1.60. The highest BCUT2D eigenvalue weighted by Crippen LogP contribution is 2.50. The number of carbonyl (C=O) groups is 1. The minimum Gasteiger partial charge on any atom is -0.494 e. The van der Waals surface area contributed by atoms with Gasteiger partial charge in [0.1, 0.15) is 36.0 Å². The molecule has 65 heavy (non-hydrogen) atoms. The molecule has 0 bridgehead atoms. The van der Waals surface area contributed by atoms with Crippen LogP contribution in [0.1, 0.15) is 104 Å². The summed E-state index contributed by atoms with van der Waals surface area (Å²) in [5.41, 5.74) is 3.95. The molecule has 350 valence electrons. The van der Waals surface area contributed by atoms with Crippen molar-refractivity contribution in [1.82, 2.24) is 19.5 Å². The zero-order valence-electron chi connectivity index (χ0n) is 41.1. The van der Waals surface area contributed by atoms with Crippen LogP contribution < -0.4 is 26.2 Å². The number of allylic oxidation sites excluding steroid dienone is 1. The summed E-state index contributed by atoms with van der Waals surface area (Å²) in [4.78, 5) is 46.9. The SMILES string of the molecule is [2H]C[C@H]1O[C@@H](n2cc(/C=C/CNC(=O)CCCN3c4cc(OC)c(N=Nc5ccc(C)cc5C#N)cc4C(C)=CC3(C)C)c(=O)[nH]c2=O)CC1OP(OCC[N+]#[C-])N(C(C)C)C(C)C.[3H]OC. The fraction of sp³-hybridized carbons (Fsp3) is 0.511. The van der Waals surface area contributed by atoms with Crippen LogP contribution in [-0.4, -0.2) is 97.0 Å². The number of methoxy groups -OCH3 is 1. The van der Waals surface area contributed by atoms with Gasteiger partial charge < -0.3 is 38.7 Å². The van der Waals surface area contributed by atoms with E-state index in [1.807, 2.05) is 59.7 Å². The topological polar surface area (TPSA) is 200 Å². The van der Waals surface area contributed by atoms with Gasteiger partial charge in [-0.05, 0) is 98.0 Å². The van der Waals surface area contributed by atoms with Crippen molar-refractivity contribution < 1.29 is 29.8 Å². The van der Waals surface area contributed by atoms with Crippen molar-refractivity contribution >= 4 is 43.1 Å². The number of anilines is 1. The van der Waals surface area contributed by atoms with Crippen LogP contribution >= 0.6 is 8.53 Å². The van der Waals surface area contributed by atoms with Crippen molar-refractivity contribution in [3.05, 3.63) is 103 Å². The summed E-state index contributed by atoms with van der Waals surface area (Å²) in [7, 11) is 1.26. The van der Waals surface area contributed by atoms with E-state index in [1.165, 1.54) is 17.9 Å². The van der Waals surface area contributed by atoms with Crippen LogP contribution in [0, 0.1) is 24.8 Å². The molecule has 2 aromatic carbocycles. The number of nitriles is 1. The number of nitrogens with one attached hydrogen (secondary N) is 2. The summed E-state index contributed by atoms with van der Waals surface area (Å²) in [5.74, 6) is 0.364. The van der Waals surface area contributed by atoms with Crippen molar-refractivity contribution in [3.8, 4) is 11.8 Å². The Balaban J connectivity index is 0.00000318. The van der Waals surface area contributed by atoms with E-state index in [9.17, 15) is 19.6 Å². The number of hydrogen-bond donors (Lipinski definition) is 3. The smallest absolute Gasteiger partial charge is 0.330 e. The number of carbonyl (C=O) groups excluding carboxylic acids is 1. The molecule has 0 radical (unpaired) electrons. The molecular weight excluding hydrogens is 850 g/mol. The Morgan fingerprint density at radius 1 is 1.25 bits per heavy atom. The zero-order chi connectivity index (χ0) is 49.4. The molecule has 3 heterocycles. The molecule has 17 nitrogen and oxygen atoms in total. The number of rotatable bonds is 19. The number of fused-ring (bicyclic) bond motifs is 1. The fourth-order valence-electron chi connectivity index (χ4n) is 7.75. The summed E-state index contributed by atoms with van der Waals surface area (Å²) in [6.45, 7) is 24.5. The molecular formula is C47H64N9O8P. The first kappa shape index (κ1) is 48.9. The van der Waals surface area contributed by atoms with E-state index in [0.29, 0.717) is 35.7 Å². The first-order valence-electron chi connectivity index (χ1n) is 22.6. The molecule has 2 aliphatic heterocycles. The third kappa shape index (κ3) is 13.5. The molecule has 0 aliphatic carbocycles. The first-order valence-corrected chi connectivity index (χ1v) is 22.6. The van der Waals surface area contributed by atoms with Crippen LogP contribution in [0.3, 0.4) is 0 Å². The molecule has 3 N–H and O–H groups in total. The van der Waals surface area contributed by atoms with Crippen molar-refractivity contribution in [2.75, 3.05) is 45.4 Å². The van der Waals surface area contributed by atoms with Gasteiger partial charge in [-0.1, -0.05) is 24.3 Å². The fourth-order valence-corrected chi connectivity index (χ4v) is 9.50. The van der Waals surface area contributed by atoms with Gasteiger partial charge >= 0.3 is 5.69 Å². The number of H-pyrrole nitrogens is 1. The second kappa shape index (κ2) is 24.1. The van der Waals surface area contributed by atoms with Crippen molar-refractivity contribution in [2.45, 2.75) is 118 Å². The lowest BCUT2D eigenvalue weighted by molar-refractivity contribution is -0.120. The Labute approximate surface area is 386 Å². The largest absolute Gasteiger partial charge is 0.494 e. The number of azo groups is 1. The number of aryl methyl sites for hydroxylation is 1. The van der Waals surface area contributed by atoms with Gasteiger partial charge in [-0.15, -0.1) is 10.2 Å². The van der Waals surface area contributed by atoms with Gasteiger partial charge in [0.2, 0.25) is 13.9 Å². The van der Waals surface area contributed by atoms with Crippen LogP contribution in [0.15, 0.2) is 68.5 Å². The summed E-state index contributed by atoms with van der Waals surface area (Å²) in [5, 5.41) is 24.9. The van der Waals surface area contributed by atoms with Crippen molar-refractivity contribution in [1.29, 1.82) is 6.69 Å². The predicted molar refractivity (Wildman–Crippen MR) is 254 cm³/mol. The van der Waals surface area contributed by atoms with E-state index in [0.717, 1.165) is 22.4 Å². The number of amides is 1. The molecule has 1 aromatic heterocycles. The van der Waals surface area contributed by atoms with Gasteiger partial charge in [-0.2, -0.15) is 5.26 Å². The van der Waals surface area contributed by atoms with Gasteiger partial charge in [0.05, 0.1) is 36.0 Å². The highest BCUT2D eigenvalue weighted by Gasteiger charge is 2.40. The molecule has 5 rings (SSSR count). The van der Waals surface area contributed by atoms with Crippen LogP contribution in [0.4, 0.5) is 17.1 Å². The van der Waals surface area contributed by atoms with Crippen LogP contribution in [0.5, 0.6) is 5.75 Å². The summed E-state index contributed by atoms with van der Waals surface area (Å²) in [6.07, 6.45) is 5.79. The van der Waals surface area contributed by atoms with Crippen LogP contribution in [0.25, 0.3) is 16.5 Å². The first-order chi connectivity index (χ1) is 31.9. The third-order valence-electron chi connectivity index (χ3n) is 10.7. The summed E-state index contributed by atoms with van der Waals surface area (Å²) >= 11 is 0. The number of ether oxygens (including phenoxy) is 2. The normalized spacial score (nSPS) is 18.7. The zero-order valence-corrected chi connectivity index (χ0v) is 40.0. The lowest BCUT2D eigenvalue weighted by atomic mass is 9.88. The van der Waals surface area contributed by atoms with E-state index >= 15 is 0 Å². The monoisotopic (exact) mass is 916 g/mol. The number of aromatic amines is 1. The van der Waals surface area contributed by atoms with Crippen molar-refractivity contribution in [3.63, 3.8) is 0 Å². The third-order valence-corrected chi connectivity index (χ3v) is 12.8. The molecule has 2 aliphatic rings. The molecule has 1 fully saturated rings. The lowest BCUT2D eigenvalue weighted by Crippen LogP contribution is -2.45. The Bertz CT molecular complexity index is 2450. The quantitative estimate of drug-likeness (QED) is 0.0452. The maximum atomic E-state index is 13.0. The van der Waals surface area contributed by atoms with Gasteiger partial charge in [0.15, 0.2) is 0 Å². The Kier molecular flexibility index (Phi) is 18.2. The maximum absolute atomic E-state index is 13.0. The highest BCUT2D eigenvalue weighted by atomic mass is 31.2. The maximum Gasteiger partial charge on any atom is 0.330 e. The minimum absolute atomic E-state index is 0.0804. The van der Waals surface area contributed by atoms with Crippen LogP contribution in [-0.2, 0) is 18.6 Å². The van der Waals surface area contributed by atoms with Gasteiger partial charge in [0, 0.05) is 70.0 Å². The van der Waals surface area contributed by atoms with Crippen LogP contribution in [0.2, 0.25) is 0 Å². The van der Waals surface area contributed by atoms with E-state index in [1.54, 1.807) is 31.4 Å². The predicted octanol–water partition coefficient (Wildman–Crippen LogP) is 8.34. The van der Waals surface area contributed by atoms with Gasteiger partial charge in [0.25, 0.3) is 14.1 Å². The highest BCUT2D eigenvalue weighted by molar-refractivity contribution is 7.44. The molecule has 4 atom stereocenters. The van der Waals surface area contributed by atoms with E-state index in [4.69, 9.17) is 27.9 Å². The Morgan fingerprint density at radius 2 is 1.97 bits per heavy atom. The number of aromatic nitrogens is 2. The molecule has 0 spiro atoms. The second-order valence-corrected chi connectivity index (χ2v) is 18.0. The summed E-state index contributed by atoms with van der Waals surface area (Å²) in [6, 6.07) is 11.6. The molecule has 2 unspecified atom stereocenters. The van der Waals surface area contributed by atoms with Crippen molar-refractivity contribution in [2.24, 2.45) is 10.2 Å². The Hall–Kier alpha value is -5.52. The molecule has 0 saturated carbocycles. The van der Waals surface area contributed by atoms with Gasteiger partial charge in [-0.3, -0.25) is 19.1 Å². The van der Waals surface area contributed by atoms with E-state index < -0.39 is 38.2 Å². The number of benzene rings is 2. The lowest BCUT2D eigenvalue weighted by Gasteiger charge is -2.43. The average molecular weight is 917 g/mol. The second-order valence-electron chi connectivity index (χ2n) is 16.6. The number of aliphatic hydroxyl groups excluding tert-OH is 1. The molecule has 3 aromatic rings. The van der Waals surface area contributed by atoms with Gasteiger partial charge in [-0.25, -0.2) is 16.0 Å².